The van der Waals surface area contributed by atoms with Gasteiger partial charge in [-0.2, -0.15) is 0 Å². The predicted molar refractivity (Wildman–Crippen MR) is 58.7 cm³/mol. The second-order valence-electron chi connectivity index (χ2n) is 3.88. The summed E-state index contributed by atoms with van der Waals surface area (Å²) in [6, 6.07) is 3.83. The third kappa shape index (κ3) is 1.62. The summed E-state index contributed by atoms with van der Waals surface area (Å²) in [7, 11) is 0. The summed E-state index contributed by atoms with van der Waals surface area (Å²) in [5, 5.41) is 0.759. The van der Waals surface area contributed by atoms with Crippen molar-refractivity contribution in [1.82, 2.24) is 9.38 Å². The third-order valence-corrected chi connectivity index (χ3v) is 2.51. The van der Waals surface area contributed by atoms with E-state index in [1.165, 1.54) is 0 Å². The molecule has 0 amide bonds. The lowest BCUT2D eigenvalue weighted by atomic mass is 10.1. The Hall–Kier alpha value is -1.02. The Labute approximate surface area is 88.5 Å². The molecule has 2 nitrogen and oxygen atoms in total. The smallest absolute Gasteiger partial charge is 0.113 e. The minimum atomic E-state index is 0.611. The Bertz CT molecular complexity index is 445. The van der Waals surface area contributed by atoms with E-state index >= 15 is 0 Å². The van der Waals surface area contributed by atoms with Gasteiger partial charge in [0.15, 0.2) is 0 Å². The molecule has 0 saturated heterocycles. The molecule has 0 N–H and O–H groups in total. The second kappa shape index (κ2) is 3.62. The predicted octanol–water partition coefficient (Wildman–Crippen LogP) is 3.19. The van der Waals surface area contributed by atoms with Crippen LogP contribution in [0, 0.1) is 5.92 Å². The first-order valence-electron chi connectivity index (χ1n) is 4.79. The van der Waals surface area contributed by atoms with Gasteiger partial charge in [0.25, 0.3) is 0 Å². The first-order valence-corrected chi connectivity index (χ1v) is 5.16. The van der Waals surface area contributed by atoms with Gasteiger partial charge in [-0.3, -0.25) is 0 Å². The average Bonchev–Trinajstić information content (AvgIpc) is 2.49. The van der Waals surface area contributed by atoms with Gasteiger partial charge >= 0.3 is 0 Å². The van der Waals surface area contributed by atoms with Crippen LogP contribution in [0.15, 0.2) is 24.5 Å². The van der Waals surface area contributed by atoms with Crippen molar-refractivity contribution in [2.24, 2.45) is 5.92 Å². The molecule has 2 rings (SSSR count). The molecule has 0 saturated carbocycles. The highest BCUT2D eigenvalue weighted by molar-refractivity contribution is 6.33. The summed E-state index contributed by atoms with van der Waals surface area (Å²) >= 11 is 6.05. The van der Waals surface area contributed by atoms with Gasteiger partial charge in [0.2, 0.25) is 0 Å². The van der Waals surface area contributed by atoms with E-state index in [0.29, 0.717) is 5.92 Å². The van der Waals surface area contributed by atoms with Gasteiger partial charge in [0.05, 0.1) is 16.7 Å². The topological polar surface area (TPSA) is 17.3 Å². The van der Waals surface area contributed by atoms with Crippen molar-refractivity contribution >= 4 is 17.1 Å². The standard InChI is InChI=1S/C11H13ClN2/c1-8(2)6-11-13-7-10-9(12)4-3-5-14(10)11/h3-5,7-8H,6H2,1-2H3. The van der Waals surface area contributed by atoms with Crippen LogP contribution in [0.25, 0.3) is 5.52 Å². The van der Waals surface area contributed by atoms with Gasteiger partial charge in [-0.15, -0.1) is 0 Å². The maximum atomic E-state index is 6.05. The molecule has 0 aliphatic heterocycles. The van der Waals surface area contributed by atoms with E-state index in [4.69, 9.17) is 11.6 Å². The van der Waals surface area contributed by atoms with Crippen LogP contribution < -0.4 is 0 Å². The van der Waals surface area contributed by atoms with Crippen LogP contribution in [0.3, 0.4) is 0 Å². The largest absolute Gasteiger partial charge is 0.302 e. The fourth-order valence-electron chi connectivity index (χ4n) is 1.56. The molecule has 0 aliphatic rings. The number of rotatable bonds is 2. The Morgan fingerprint density at radius 2 is 2.29 bits per heavy atom. The van der Waals surface area contributed by atoms with Crippen LogP contribution in [-0.4, -0.2) is 9.38 Å². The lowest BCUT2D eigenvalue weighted by Crippen LogP contribution is -2.00. The van der Waals surface area contributed by atoms with Gasteiger partial charge in [0.1, 0.15) is 5.82 Å². The van der Waals surface area contributed by atoms with Crippen LogP contribution in [0.5, 0.6) is 0 Å². The van der Waals surface area contributed by atoms with Gasteiger partial charge in [-0.05, 0) is 18.1 Å². The van der Waals surface area contributed by atoms with E-state index < -0.39 is 0 Å². The number of fused-ring (bicyclic) bond motifs is 1. The third-order valence-electron chi connectivity index (χ3n) is 2.19. The van der Waals surface area contributed by atoms with Crippen molar-refractivity contribution in [2.75, 3.05) is 0 Å². The quantitative estimate of drug-likeness (QED) is 0.741. The van der Waals surface area contributed by atoms with Crippen molar-refractivity contribution in [1.29, 1.82) is 0 Å². The van der Waals surface area contributed by atoms with E-state index in [9.17, 15) is 0 Å². The zero-order chi connectivity index (χ0) is 10.1. The van der Waals surface area contributed by atoms with Gasteiger partial charge in [-0.25, -0.2) is 4.98 Å². The number of halogens is 1. The molecule has 0 bridgehead atoms. The van der Waals surface area contributed by atoms with E-state index in [-0.39, 0.29) is 0 Å². The fourth-order valence-corrected chi connectivity index (χ4v) is 1.77. The van der Waals surface area contributed by atoms with Crippen molar-refractivity contribution in [3.05, 3.63) is 35.4 Å². The highest BCUT2D eigenvalue weighted by Gasteiger charge is 2.06. The number of nitrogens with zero attached hydrogens (tertiary/aromatic N) is 2. The highest BCUT2D eigenvalue weighted by Crippen LogP contribution is 2.18. The Kier molecular flexibility index (Phi) is 2.46. The molecule has 2 aromatic heterocycles. The fraction of sp³-hybridized carbons (Fsp3) is 0.364. The molecule has 0 unspecified atom stereocenters. The van der Waals surface area contributed by atoms with Gasteiger partial charge in [0, 0.05) is 12.6 Å². The highest BCUT2D eigenvalue weighted by atomic mass is 35.5. The van der Waals surface area contributed by atoms with E-state index in [1.807, 2.05) is 24.5 Å². The normalized spacial score (nSPS) is 11.4. The van der Waals surface area contributed by atoms with Crippen LogP contribution in [0.4, 0.5) is 0 Å². The lowest BCUT2D eigenvalue weighted by Gasteiger charge is -2.04. The monoisotopic (exact) mass is 208 g/mol. The average molecular weight is 209 g/mol. The van der Waals surface area contributed by atoms with Gasteiger partial charge < -0.3 is 4.40 Å². The summed E-state index contributed by atoms with van der Waals surface area (Å²) in [6.45, 7) is 4.37. The van der Waals surface area contributed by atoms with Crippen molar-refractivity contribution < 1.29 is 0 Å². The van der Waals surface area contributed by atoms with Crippen molar-refractivity contribution in [3.8, 4) is 0 Å². The molecule has 0 fully saturated rings. The van der Waals surface area contributed by atoms with E-state index in [2.05, 4.69) is 23.2 Å². The number of hydrogen-bond acceptors (Lipinski definition) is 1. The SMILES string of the molecule is CC(C)Cc1ncc2c(Cl)cccn12. The van der Waals surface area contributed by atoms with Crippen LogP contribution in [-0.2, 0) is 6.42 Å². The lowest BCUT2D eigenvalue weighted by molar-refractivity contribution is 0.619. The zero-order valence-corrected chi connectivity index (χ0v) is 9.12. The second-order valence-corrected chi connectivity index (χ2v) is 4.29. The summed E-state index contributed by atoms with van der Waals surface area (Å²) in [4.78, 5) is 4.37. The summed E-state index contributed by atoms with van der Waals surface area (Å²) < 4.78 is 2.06. The van der Waals surface area contributed by atoms with Gasteiger partial charge in [-0.1, -0.05) is 25.4 Å². The van der Waals surface area contributed by atoms with E-state index in [0.717, 1.165) is 22.8 Å². The summed E-state index contributed by atoms with van der Waals surface area (Å²) in [5.41, 5.74) is 0.991. The molecular weight excluding hydrogens is 196 g/mol. The molecule has 0 radical (unpaired) electrons. The van der Waals surface area contributed by atoms with Crippen LogP contribution >= 0.6 is 11.6 Å². The number of pyridine rings is 1. The molecule has 2 aromatic rings. The Morgan fingerprint density at radius 3 is 3.00 bits per heavy atom. The first-order chi connectivity index (χ1) is 6.68. The number of aromatic nitrogens is 2. The molecule has 0 atom stereocenters. The Balaban J connectivity index is 2.52. The minimum absolute atomic E-state index is 0.611. The molecule has 3 heteroatoms. The molecule has 0 spiro atoms. The van der Waals surface area contributed by atoms with E-state index in [1.54, 1.807) is 0 Å². The summed E-state index contributed by atoms with van der Waals surface area (Å²) in [6.07, 6.45) is 4.82. The first kappa shape index (κ1) is 9.53. The zero-order valence-electron chi connectivity index (χ0n) is 8.37. The Morgan fingerprint density at radius 1 is 1.50 bits per heavy atom. The number of hydrogen-bond donors (Lipinski definition) is 0. The molecule has 0 aromatic carbocycles. The number of imidazole rings is 1. The van der Waals surface area contributed by atoms with Crippen LogP contribution in [0.2, 0.25) is 5.02 Å². The minimum Gasteiger partial charge on any atom is -0.302 e. The maximum absolute atomic E-state index is 6.05. The molecular formula is C11H13ClN2. The summed E-state index contributed by atoms with van der Waals surface area (Å²) in [5.74, 6) is 1.69. The molecule has 2 heterocycles. The van der Waals surface area contributed by atoms with Crippen LogP contribution in [0.1, 0.15) is 19.7 Å². The molecule has 14 heavy (non-hydrogen) atoms. The van der Waals surface area contributed by atoms with Crippen molar-refractivity contribution in [2.45, 2.75) is 20.3 Å². The molecule has 0 aliphatic carbocycles. The van der Waals surface area contributed by atoms with Crippen molar-refractivity contribution in [3.63, 3.8) is 0 Å². The maximum Gasteiger partial charge on any atom is 0.113 e. The molecule has 74 valence electrons.